The van der Waals surface area contributed by atoms with Crippen molar-refractivity contribution in [3.63, 3.8) is 0 Å². The molecule has 0 saturated heterocycles. The number of hydrogen-bond acceptors (Lipinski definition) is 19. The van der Waals surface area contributed by atoms with Crippen LogP contribution in [0, 0.1) is 35.5 Å². The summed E-state index contributed by atoms with van der Waals surface area (Å²) >= 11 is 34.9. The maximum absolute atomic E-state index is 11.1. The fourth-order valence-corrected chi connectivity index (χ4v) is 63.0. The molecule has 1 N–H and O–H groups in total. The van der Waals surface area contributed by atoms with Gasteiger partial charge in [-0.15, -0.1) is 0 Å². The summed E-state index contributed by atoms with van der Waals surface area (Å²) in [6.07, 6.45) is 19.3. The predicted octanol–water partition coefficient (Wildman–Crippen LogP) is 15.6. The minimum atomic E-state index is -0.292. The molecular weight excluding hydrogens is 2130 g/mol. The summed E-state index contributed by atoms with van der Waals surface area (Å²) in [4.78, 5) is 43.6. The molecule has 8 bridgehead atoms. The van der Waals surface area contributed by atoms with E-state index in [-0.39, 0.29) is 39.3 Å². The van der Waals surface area contributed by atoms with E-state index in [1.54, 1.807) is 147 Å². The fraction of sp³-hybridized carbons (Fsp3) is 0.493. The molecule has 8 saturated carbocycles. The summed E-state index contributed by atoms with van der Waals surface area (Å²) in [6.45, 7) is 8.26. The standard InChI is InChI=1S/C32H38O4.C20H27BrO3.C14H13BrO2.2CO2.CH4.S13.S10.S6/c1-3-21-13-25-4-5-26(15-28(25)30(33)14-21)29-16-27(6-7-31(29)36-20-35-9-8-34-2)32-17-22-10-23(18-32)12-24(11-22)19-32;1-22-4-5-23-13-24-19-3-2-17(9-18(19)21)20-10-14-6-15(11-20)8-16(7-14)12-20;1-3-10-6-11-4-5-12(15)8-13(11)14(7-10)17-9(2)16;2*2-1-3;;1-3-5-7-9-11-13-12-10-8-6-4-2;1-3-5-7-9-10-8-6-4-2;1-3-5-6-4-2/h4-7,13-16,22-24,33H,3,8-12,17-20H2,1-2H3;2-3,9,14-16H,4-8,10-13H2,1H3;4-8H,3H2,1-2H3;;;1H4;;;. The highest BCUT2D eigenvalue weighted by atomic mass is 79.9. The van der Waals surface area contributed by atoms with Crippen LogP contribution in [-0.2, 0) is 338 Å². The van der Waals surface area contributed by atoms with Gasteiger partial charge in [-0.05, 0) is 245 Å². The molecular formula is C69H82Br2O13S29. The van der Waals surface area contributed by atoms with E-state index >= 15 is 0 Å². The van der Waals surface area contributed by atoms with Crippen LogP contribution >= 0.6 is 31.9 Å². The lowest BCUT2D eigenvalue weighted by Gasteiger charge is -2.57. The molecule has 8 fully saturated rings. The van der Waals surface area contributed by atoms with E-state index in [9.17, 15) is 9.90 Å². The van der Waals surface area contributed by atoms with Gasteiger partial charge in [-0.3, -0.25) is 4.79 Å². The molecule has 0 aromatic heterocycles. The molecule has 8 aliphatic rings. The average molecular weight is 2210 g/mol. The Morgan fingerprint density at radius 1 is 0.451 bits per heavy atom. The first kappa shape index (κ1) is 106. The quantitative estimate of drug-likeness (QED) is 0.0373. The Kier molecular flexibility index (Phi) is 58.8. The Labute approximate surface area is 774 Å². The van der Waals surface area contributed by atoms with Crippen LogP contribution in [0.25, 0.3) is 32.7 Å². The summed E-state index contributed by atoms with van der Waals surface area (Å²) in [5, 5.41) is 14.8. The van der Waals surface area contributed by atoms with Crippen molar-refractivity contribution in [2.45, 2.75) is 129 Å². The lowest BCUT2D eigenvalue weighted by Crippen LogP contribution is -2.48. The second-order valence-electron chi connectivity index (χ2n) is 25.1. The Morgan fingerprint density at radius 3 is 1.20 bits per heavy atom. The number of hydrogen-bond donors (Lipinski definition) is 1. The zero-order valence-electron chi connectivity index (χ0n) is 60.3. The maximum atomic E-state index is 11.1. The molecule has 0 spiro atoms. The number of carbonyl (C=O) groups excluding carboxylic acids is 5. The summed E-state index contributed by atoms with van der Waals surface area (Å²) < 4.78 is 40.2. The van der Waals surface area contributed by atoms with Gasteiger partial charge in [0.05, 0.1) is 30.9 Å². The lowest BCUT2D eigenvalue weighted by atomic mass is 9.48. The molecule has 14 rings (SSSR count). The number of phenolic OH excluding ortho intramolecular Hbond substituents is 1. The van der Waals surface area contributed by atoms with Gasteiger partial charge in [0.2, 0.25) is 0 Å². The van der Waals surface area contributed by atoms with Crippen LogP contribution in [-0.4, -0.2) is 77.6 Å². The number of aryl methyl sites for hydroxylation is 2. The van der Waals surface area contributed by atoms with Crippen LogP contribution in [0.4, 0.5) is 0 Å². The molecule has 0 radical (unpaired) electrons. The van der Waals surface area contributed by atoms with Crippen molar-refractivity contribution >= 4 is 343 Å². The summed E-state index contributed by atoms with van der Waals surface area (Å²) in [6, 6.07) is 34.0. The Bertz CT molecular complexity index is 5200. The first-order chi connectivity index (χ1) is 54.4. The molecule has 0 amide bonds. The highest BCUT2D eigenvalue weighted by molar-refractivity contribution is 9.11. The van der Waals surface area contributed by atoms with E-state index < -0.39 is 0 Å². The number of rotatable bonds is 18. The van der Waals surface area contributed by atoms with Crippen molar-refractivity contribution in [2.24, 2.45) is 35.5 Å². The first-order valence-electron chi connectivity index (χ1n) is 33.5. The Morgan fingerprint density at radius 2 is 0.814 bits per heavy atom. The number of benzene rings is 6. The molecule has 8 aliphatic carbocycles. The van der Waals surface area contributed by atoms with Crippen LogP contribution in [0.15, 0.2) is 106 Å². The van der Waals surface area contributed by atoms with Crippen LogP contribution < -0.4 is 14.2 Å². The van der Waals surface area contributed by atoms with Gasteiger partial charge in [-0.25, -0.2) is 0 Å². The largest absolute Gasteiger partial charge is 0.507 e. The van der Waals surface area contributed by atoms with Gasteiger partial charge in [-0.1, -0.05) is 79.7 Å². The molecule has 6 aromatic rings. The van der Waals surface area contributed by atoms with Crippen LogP contribution in [0.1, 0.15) is 128 Å². The molecule has 13 nitrogen and oxygen atoms in total. The van der Waals surface area contributed by atoms with E-state index in [0.717, 1.165) is 113 Å². The van der Waals surface area contributed by atoms with E-state index in [1.807, 2.05) is 30.3 Å². The van der Waals surface area contributed by atoms with Crippen LogP contribution in [0.2, 0.25) is 0 Å². The molecule has 0 atom stereocenters. The smallest absolute Gasteiger partial charge is 0.373 e. The van der Waals surface area contributed by atoms with E-state index in [2.05, 4.69) is 157 Å². The van der Waals surface area contributed by atoms with Crippen molar-refractivity contribution in [3.8, 4) is 34.1 Å². The number of halogens is 2. The van der Waals surface area contributed by atoms with Crippen molar-refractivity contribution in [2.75, 3.05) is 54.2 Å². The fourth-order valence-electron chi connectivity index (χ4n) is 15.5. The van der Waals surface area contributed by atoms with E-state index in [1.165, 1.54) is 166 Å². The number of methoxy groups -OCH3 is 2. The van der Waals surface area contributed by atoms with Crippen molar-refractivity contribution in [3.05, 3.63) is 128 Å². The number of aromatic hydroxyl groups is 1. The van der Waals surface area contributed by atoms with Crippen molar-refractivity contribution < 1.29 is 62.2 Å². The third-order valence-electron chi connectivity index (χ3n) is 18.5. The third-order valence-corrected chi connectivity index (χ3v) is 64.1. The topological polar surface area (TPSA) is 170 Å². The molecule has 44 heteroatoms. The van der Waals surface area contributed by atoms with Gasteiger partial charge in [0, 0.05) is 313 Å². The van der Waals surface area contributed by atoms with E-state index in [0.29, 0.717) is 48.8 Å². The minimum absolute atomic E-state index is 0. The molecule has 113 heavy (non-hydrogen) atoms. The predicted molar refractivity (Wildman–Crippen MR) is 544 cm³/mol. The van der Waals surface area contributed by atoms with Crippen LogP contribution in [0.5, 0.6) is 23.0 Å². The number of fused-ring (bicyclic) bond motifs is 2. The molecule has 6 aromatic carbocycles. The molecule has 0 unspecified atom stereocenters. The van der Waals surface area contributed by atoms with Gasteiger partial charge in [0.1, 0.15) is 23.0 Å². The zero-order chi connectivity index (χ0) is 81.4. The summed E-state index contributed by atoms with van der Waals surface area (Å²) in [5.41, 5.74) is 8.19. The number of phenols is 1. The minimum Gasteiger partial charge on any atom is -0.507 e. The lowest BCUT2D eigenvalue weighted by molar-refractivity contribution is -0.193. The van der Waals surface area contributed by atoms with Gasteiger partial charge in [-0.2, -0.15) is 19.2 Å². The second-order valence-corrected chi connectivity index (χ2v) is 67.6. The highest BCUT2D eigenvalue weighted by Gasteiger charge is 2.53. The van der Waals surface area contributed by atoms with Gasteiger partial charge in [0.25, 0.3) is 0 Å². The molecule has 0 heterocycles. The second kappa shape index (κ2) is 62.7. The number of esters is 1. The number of carbonyl (C=O) groups is 1. The summed E-state index contributed by atoms with van der Waals surface area (Å²) in [5.74, 6) is 7.98. The van der Waals surface area contributed by atoms with E-state index in [4.69, 9.17) is 74.7 Å². The average Bonchev–Trinajstić information content (AvgIpc) is 0.739. The summed E-state index contributed by atoms with van der Waals surface area (Å²) in [7, 11) is 39.8. The van der Waals surface area contributed by atoms with Gasteiger partial charge in [0.15, 0.2) is 13.6 Å². The van der Waals surface area contributed by atoms with Crippen molar-refractivity contribution in [1.29, 1.82) is 0 Å². The highest BCUT2D eigenvalue weighted by Crippen LogP contribution is 2.62. The first-order valence-corrected chi connectivity index (χ1v) is 69.8. The molecule has 0 aliphatic heterocycles. The number of ether oxygens (including phenoxy) is 7. The maximum Gasteiger partial charge on any atom is 0.373 e. The molecule has 624 valence electrons. The van der Waals surface area contributed by atoms with Gasteiger partial charge < -0.3 is 38.3 Å². The Hall–Kier alpha value is 0.650. The third kappa shape index (κ3) is 38.8. The van der Waals surface area contributed by atoms with Gasteiger partial charge >= 0.3 is 18.3 Å². The Balaban J connectivity index is 0.000000305. The zero-order valence-corrected chi connectivity index (χ0v) is 87.1. The van der Waals surface area contributed by atoms with Crippen LogP contribution in [0.3, 0.4) is 0 Å². The van der Waals surface area contributed by atoms with Crippen molar-refractivity contribution in [1.82, 2.24) is 0 Å². The normalized spacial score (nSPS) is 19.1. The monoisotopic (exact) mass is 2200 g/mol. The SMILES string of the molecule is C.CCc1cc(O)c2cc(-c3cc(C45CC6CC(CC(C6)C4)C5)ccc3OCOCCOC)ccc2c1.CCc1cc(OC(C)=O)c2cc(Br)ccc2c1.COCCOCOc1ccc(C23CC4CC(CC(C4)C2)C3)cc1Br.O=C=O.O=C=O.S=S=S=S=S=S.S=S=S=S=S=S=S=S=S=S.S=S=S=S=S=S=S=S=S=S=S=S=S.